The predicted octanol–water partition coefficient (Wildman–Crippen LogP) is 1.68. The average Bonchev–Trinajstić information content (AvgIpc) is 2.49. The Balaban J connectivity index is 2.57. The molecular formula is C14H22N2O3. The Morgan fingerprint density at radius 3 is 2.68 bits per heavy atom. The van der Waals surface area contributed by atoms with Crippen molar-refractivity contribution in [1.29, 1.82) is 0 Å². The van der Waals surface area contributed by atoms with Crippen molar-refractivity contribution in [3.8, 4) is 12.3 Å². The minimum absolute atomic E-state index is 0.000403. The zero-order chi connectivity index (χ0) is 14.5. The van der Waals surface area contributed by atoms with E-state index in [1.807, 2.05) is 0 Å². The number of carbonyl (C=O) groups excluding carboxylic acids is 1. The highest BCUT2D eigenvalue weighted by Crippen LogP contribution is 2.29. The number of carbonyl (C=O) groups is 2. The number of terminal acetylenes is 1. The van der Waals surface area contributed by atoms with Crippen LogP contribution in [0.1, 0.15) is 39.5 Å². The van der Waals surface area contributed by atoms with E-state index in [4.69, 9.17) is 11.5 Å². The summed E-state index contributed by atoms with van der Waals surface area (Å²) in [5.74, 6) is 1.17. The lowest BCUT2D eigenvalue weighted by molar-refractivity contribution is -0.139. The predicted molar refractivity (Wildman–Crippen MR) is 72.6 cm³/mol. The van der Waals surface area contributed by atoms with Gasteiger partial charge < -0.3 is 15.3 Å². The van der Waals surface area contributed by atoms with E-state index in [0.29, 0.717) is 13.1 Å². The Hall–Kier alpha value is -1.70. The monoisotopic (exact) mass is 266 g/mol. The van der Waals surface area contributed by atoms with E-state index in [1.165, 1.54) is 0 Å². The molecule has 1 rings (SSSR count). The number of carboxylic acid groups (broad SMARTS) is 1. The van der Waals surface area contributed by atoms with Gasteiger partial charge in [-0.05, 0) is 24.7 Å². The number of carboxylic acids is 1. The molecule has 1 atom stereocenters. The van der Waals surface area contributed by atoms with Crippen LogP contribution in [0.5, 0.6) is 0 Å². The Bertz CT molecular complexity index is 385. The van der Waals surface area contributed by atoms with Crippen LogP contribution >= 0.6 is 0 Å². The van der Waals surface area contributed by atoms with Crippen LogP contribution in [0.15, 0.2) is 0 Å². The van der Waals surface area contributed by atoms with Crippen LogP contribution in [-0.4, -0.2) is 41.1 Å². The summed E-state index contributed by atoms with van der Waals surface area (Å²) < 4.78 is 0. The lowest BCUT2D eigenvalue weighted by Crippen LogP contribution is -2.48. The maximum Gasteiger partial charge on any atom is 0.327 e. The molecule has 2 N–H and O–H groups in total. The maximum atomic E-state index is 12.0. The van der Waals surface area contributed by atoms with Crippen LogP contribution in [0.3, 0.4) is 0 Å². The molecule has 1 unspecified atom stereocenters. The molecule has 19 heavy (non-hydrogen) atoms. The van der Waals surface area contributed by atoms with Crippen LogP contribution < -0.4 is 5.32 Å². The molecule has 0 spiro atoms. The van der Waals surface area contributed by atoms with Gasteiger partial charge in [0.1, 0.15) is 6.04 Å². The number of likely N-dealkylation sites (tertiary alicyclic amines) is 1. The third kappa shape index (κ3) is 4.82. The molecule has 0 bridgehead atoms. The molecule has 0 aliphatic carbocycles. The van der Waals surface area contributed by atoms with Crippen LogP contribution in [0, 0.1) is 17.8 Å². The smallest absolute Gasteiger partial charge is 0.327 e. The van der Waals surface area contributed by atoms with Crippen LogP contribution in [0.25, 0.3) is 0 Å². The largest absolute Gasteiger partial charge is 0.480 e. The fourth-order valence-electron chi connectivity index (χ4n) is 2.18. The zero-order valence-electron chi connectivity index (χ0n) is 11.6. The highest BCUT2D eigenvalue weighted by Gasteiger charge is 2.27. The molecule has 1 aliphatic heterocycles. The van der Waals surface area contributed by atoms with Gasteiger partial charge in [-0.1, -0.05) is 13.8 Å². The molecule has 0 aromatic heterocycles. The molecule has 5 heteroatoms. The van der Waals surface area contributed by atoms with Gasteiger partial charge in [0.05, 0.1) is 0 Å². The molecular weight excluding hydrogens is 244 g/mol. The number of rotatable bonds is 3. The van der Waals surface area contributed by atoms with Crippen LogP contribution in [-0.2, 0) is 4.79 Å². The second-order valence-corrected chi connectivity index (χ2v) is 5.75. The Morgan fingerprint density at radius 1 is 1.42 bits per heavy atom. The molecule has 1 saturated heterocycles. The van der Waals surface area contributed by atoms with Crippen LogP contribution in [0.2, 0.25) is 0 Å². The van der Waals surface area contributed by atoms with E-state index in [-0.39, 0.29) is 17.9 Å². The SMILES string of the molecule is C#CCC(NC(=O)N1CCCC(C)(C)CC1)C(=O)O. The molecule has 1 fully saturated rings. The summed E-state index contributed by atoms with van der Waals surface area (Å²) in [7, 11) is 0. The third-order valence-electron chi connectivity index (χ3n) is 3.55. The first kappa shape index (κ1) is 15.4. The number of amides is 2. The second kappa shape index (κ2) is 6.46. The summed E-state index contributed by atoms with van der Waals surface area (Å²) in [6, 6.07) is -1.34. The van der Waals surface area contributed by atoms with E-state index in [9.17, 15) is 9.59 Å². The van der Waals surface area contributed by atoms with Gasteiger partial charge >= 0.3 is 12.0 Å². The van der Waals surface area contributed by atoms with Crippen molar-refractivity contribution >= 4 is 12.0 Å². The summed E-state index contributed by atoms with van der Waals surface area (Å²) in [6.07, 6.45) is 8.04. The van der Waals surface area contributed by atoms with E-state index < -0.39 is 12.0 Å². The van der Waals surface area contributed by atoms with Gasteiger partial charge in [-0.15, -0.1) is 12.3 Å². The summed E-state index contributed by atoms with van der Waals surface area (Å²) in [5, 5.41) is 11.4. The van der Waals surface area contributed by atoms with Crippen molar-refractivity contribution in [3.63, 3.8) is 0 Å². The number of hydrogen-bond donors (Lipinski definition) is 2. The lowest BCUT2D eigenvalue weighted by atomic mass is 9.85. The topological polar surface area (TPSA) is 69.6 Å². The Morgan fingerprint density at radius 2 is 2.11 bits per heavy atom. The summed E-state index contributed by atoms with van der Waals surface area (Å²) in [6.45, 7) is 5.69. The van der Waals surface area contributed by atoms with E-state index in [0.717, 1.165) is 19.3 Å². The summed E-state index contributed by atoms with van der Waals surface area (Å²) in [5.41, 5.74) is 0.236. The third-order valence-corrected chi connectivity index (χ3v) is 3.55. The fourth-order valence-corrected chi connectivity index (χ4v) is 2.18. The quantitative estimate of drug-likeness (QED) is 0.764. The molecule has 0 aromatic rings. The molecule has 0 saturated carbocycles. The van der Waals surface area contributed by atoms with Crippen molar-refractivity contribution in [2.45, 2.75) is 45.6 Å². The minimum atomic E-state index is -1.10. The molecule has 1 aliphatic rings. The van der Waals surface area contributed by atoms with Gasteiger partial charge in [-0.2, -0.15) is 0 Å². The van der Waals surface area contributed by atoms with E-state index in [1.54, 1.807) is 4.90 Å². The minimum Gasteiger partial charge on any atom is -0.480 e. The second-order valence-electron chi connectivity index (χ2n) is 5.75. The van der Waals surface area contributed by atoms with Gasteiger partial charge in [0, 0.05) is 19.5 Å². The van der Waals surface area contributed by atoms with Crippen LogP contribution in [0.4, 0.5) is 4.79 Å². The highest BCUT2D eigenvalue weighted by molar-refractivity contribution is 5.82. The van der Waals surface area contributed by atoms with Crippen molar-refractivity contribution in [2.75, 3.05) is 13.1 Å². The van der Waals surface area contributed by atoms with Gasteiger partial charge in [0.25, 0.3) is 0 Å². The Labute approximate surface area is 114 Å². The maximum absolute atomic E-state index is 12.0. The first-order chi connectivity index (χ1) is 8.85. The van der Waals surface area contributed by atoms with Gasteiger partial charge in [0.2, 0.25) is 0 Å². The molecule has 0 aromatic carbocycles. The molecule has 1 heterocycles. The normalized spacial score (nSPS) is 19.9. The van der Waals surface area contributed by atoms with Crippen molar-refractivity contribution in [2.24, 2.45) is 5.41 Å². The number of urea groups is 1. The summed E-state index contributed by atoms with van der Waals surface area (Å²) >= 11 is 0. The lowest BCUT2D eigenvalue weighted by Gasteiger charge is -2.24. The molecule has 0 radical (unpaired) electrons. The van der Waals surface area contributed by atoms with E-state index >= 15 is 0 Å². The molecule has 5 nitrogen and oxygen atoms in total. The van der Waals surface area contributed by atoms with Crippen molar-refractivity contribution in [3.05, 3.63) is 0 Å². The van der Waals surface area contributed by atoms with Crippen molar-refractivity contribution < 1.29 is 14.7 Å². The number of aliphatic carboxylic acids is 1. The van der Waals surface area contributed by atoms with Gasteiger partial charge in [-0.25, -0.2) is 9.59 Å². The highest BCUT2D eigenvalue weighted by atomic mass is 16.4. The fraction of sp³-hybridized carbons (Fsp3) is 0.714. The summed E-state index contributed by atoms with van der Waals surface area (Å²) in [4.78, 5) is 24.7. The Kier molecular flexibility index (Phi) is 5.22. The van der Waals surface area contributed by atoms with Crippen molar-refractivity contribution in [1.82, 2.24) is 10.2 Å². The number of nitrogens with zero attached hydrogens (tertiary/aromatic N) is 1. The molecule has 106 valence electrons. The average molecular weight is 266 g/mol. The van der Waals surface area contributed by atoms with Gasteiger partial charge in [0.15, 0.2) is 0 Å². The molecule has 2 amide bonds. The first-order valence-electron chi connectivity index (χ1n) is 6.57. The standard InChI is InChI=1S/C14H22N2O3/c1-4-6-11(12(17)18)15-13(19)16-9-5-7-14(2,3)8-10-16/h1,11H,5-10H2,2-3H3,(H,15,19)(H,17,18). The number of hydrogen-bond acceptors (Lipinski definition) is 2. The van der Waals surface area contributed by atoms with E-state index in [2.05, 4.69) is 25.1 Å². The van der Waals surface area contributed by atoms with Gasteiger partial charge in [-0.3, -0.25) is 0 Å². The zero-order valence-corrected chi connectivity index (χ0v) is 11.6. The number of nitrogens with one attached hydrogen (secondary N) is 1. The first-order valence-corrected chi connectivity index (χ1v) is 6.57.